The largest absolute Gasteiger partial charge is 0.399 e. The third-order valence-electron chi connectivity index (χ3n) is 2.77. The lowest BCUT2D eigenvalue weighted by Crippen LogP contribution is -2.18. The van der Waals surface area contributed by atoms with E-state index in [1.165, 1.54) is 0 Å². The Bertz CT molecular complexity index is 633. The number of rotatable bonds is 3. The molecule has 0 heterocycles. The molecule has 0 aliphatic carbocycles. The summed E-state index contributed by atoms with van der Waals surface area (Å²) >= 11 is 0. The Kier molecular flexibility index (Phi) is 3.20. The standard InChI is InChI=1S/C14H13N3O2/c15-9-4-1-3-8(7-9)12-10(13(16)18)5-2-6-11(12)14(17)19/h1-7H,15H2,(H2,16,18)(H2,17,19). The average molecular weight is 255 g/mol. The van der Waals surface area contributed by atoms with Crippen LogP contribution >= 0.6 is 0 Å². The van der Waals surface area contributed by atoms with Crippen LogP contribution in [-0.4, -0.2) is 11.8 Å². The van der Waals surface area contributed by atoms with Gasteiger partial charge in [0.2, 0.25) is 11.8 Å². The van der Waals surface area contributed by atoms with Gasteiger partial charge in [-0.15, -0.1) is 0 Å². The summed E-state index contributed by atoms with van der Waals surface area (Å²) in [5.74, 6) is -1.25. The highest BCUT2D eigenvalue weighted by molar-refractivity contribution is 6.08. The summed E-state index contributed by atoms with van der Waals surface area (Å²) in [6.07, 6.45) is 0. The molecule has 5 nitrogen and oxygen atoms in total. The van der Waals surface area contributed by atoms with Crippen LogP contribution in [0.15, 0.2) is 42.5 Å². The molecule has 2 amide bonds. The van der Waals surface area contributed by atoms with Crippen molar-refractivity contribution in [1.82, 2.24) is 0 Å². The Morgan fingerprint density at radius 1 is 0.842 bits per heavy atom. The maximum absolute atomic E-state index is 11.5. The van der Waals surface area contributed by atoms with Gasteiger partial charge in [-0.25, -0.2) is 0 Å². The maximum atomic E-state index is 11.5. The molecule has 0 saturated carbocycles. The summed E-state index contributed by atoms with van der Waals surface area (Å²) < 4.78 is 0. The van der Waals surface area contributed by atoms with Gasteiger partial charge < -0.3 is 17.2 Å². The van der Waals surface area contributed by atoms with Crippen molar-refractivity contribution in [1.29, 1.82) is 0 Å². The molecule has 0 fully saturated rings. The minimum atomic E-state index is -0.625. The molecular weight excluding hydrogens is 242 g/mol. The fraction of sp³-hybridized carbons (Fsp3) is 0. The molecule has 0 unspecified atom stereocenters. The van der Waals surface area contributed by atoms with Gasteiger partial charge in [0.15, 0.2) is 0 Å². The van der Waals surface area contributed by atoms with Crippen LogP contribution in [0, 0.1) is 0 Å². The van der Waals surface area contributed by atoms with Gasteiger partial charge in [-0.3, -0.25) is 9.59 Å². The predicted molar refractivity (Wildman–Crippen MR) is 73.3 cm³/mol. The first kappa shape index (κ1) is 12.6. The molecule has 0 aliphatic rings. The molecule has 2 aromatic rings. The quantitative estimate of drug-likeness (QED) is 0.714. The first-order valence-electron chi connectivity index (χ1n) is 5.59. The summed E-state index contributed by atoms with van der Waals surface area (Å²) in [4.78, 5) is 23.0. The van der Waals surface area contributed by atoms with Gasteiger partial charge in [0.05, 0.1) is 0 Å². The number of nitrogen functional groups attached to an aromatic ring is 1. The summed E-state index contributed by atoms with van der Waals surface area (Å²) in [6.45, 7) is 0. The highest BCUT2D eigenvalue weighted by Crippen LogP contribution is 2.28. The summed E-state index contributed by atoms with van der Waals surface area (Å²) in [6, 6.07) is 11.5. The number of benzene rings is 2. The van der Waals surface area contributed by atoms with Gasteiger partial charge in [0.1, 0.15) is 0 Å². The molecule has 2 rings (SSSR count). The van der Waals surface area contributed by atoms with E-state index < -0.39 is 11.8 Å². The molecule has 2 aromatic carbocycles. The predicted octanol–water partition coefficient (Wildman–Crippen LogP) is 1.13. The number of anilines is 1. The van der Waals surface area contributed by atoms with E-state index in [0.717, 1.165) is 0 Å². The molecule has 6 N–H and O–H groups in total. The Labute approximate surface area is 110 Å². The van der Waals surface area contributed by atoms with Crippen LogP contribution in [0.2, 0.25) is 0 Å². The van der Waals surface area contributed by atoms with Gasteiger partial charge in [-0.2, -0.15) is 0 Å². The van der Waals surface area contributed by atoms with E-state index in [2.05, 4.69) is 0 Å². The molecule has 0 saturated heterocycles. The van der Waals surface area contributed by atoms with Crippen LogP contribution in [0.25, 0.3) is 11.1 Å². The lowest BCUT2D eigenvalue weighted by atomic mass is 9.93. The monoisotopic (exact) mass is 255 g/mol. The Morgan fingerprint density at radius 3 is 1.84 bits per heavy atom. The zero-order valence-electron chi connectivity index (χ0n) is 10.1. The van der Waals surface area contributed by atoms with Crippen molar-refractivity contribution in [2.45, 2.75) is 0 Å². The molecule has 0 atom stereocenters. The fourth-order valence-corrected chi connectivity index (χ4v) is 1.97. The molecule has 0 spiro atoms. The highest BCUT2D eigenvalue weighted by Gasteiger charge is 2.17. The zero-order valence-corrected chi connectivity index (χ0v) is 10.1. The summed E-state index contributed by atoms with van der Waals surface area (Å²) in [5.41, 5.74) is 18.4. The Morgan fingerprint density at radius 2 is 1.37 bits per heavy atom. The first-order valence-corrected chi connectivity index (χ1v) is 5.59. The van der Waals surface area contributed by atoms with Crippen LogP contribution in [0.4, 0.5) is 5.69 Å². The van der Waals surface area contributed by atoms with Crippen molar-refractivity contribution in [2.24, 2.45) is 11.5 Å². The van der Waals surface area contributed by atoms with Gasteiger partial charge >= 0.3 is 0 Å². The summed E-state index contributed by atoms with van der Waals surface area (Å²) in [7, 11) is 0. The molecule has 0 radical (unpaired) electrons. The van der Waals surface area contributed by atoms with Crippen molar-refractivity contribution in [3.8, 4) is 11.1 Å². The van der Waals surface area contributed by atoms with Crippen LogP contribution in [-0.2, 0) is 0 Å². The normalized spacial score (nSPS) is 10.1. The van der Waals surface area contributed by atoms with E-state index in [0.29, 0.717) is 16.8 Å². The Balaban J connectivity index is 2.79. The molecule has 5 heteroatoms. The van der Waals surface area contributed by atoms with Gasteiger partial charge in [-0.05, 0) is 29.8 Å². The van der Waals surface area contributed by atoms with E-state index in [1.807, 2.05) is 0 Å². The zero-order chi connectivity index (χ0) is 14.0. The van der Waals surface area contributed by atoms with Gasteiger partial charge in [-0.1, -0.05) is 18.2 Å². The fourth-order valence-electron chi connectivity index (χ4n) is 1.97. The molecular formula is C14H13N3O2. The minimum Gasteiger partial charge on any atom is -0.399 e. The SMILES string of the molecule is NC(=O)c1cccc(C(N)=O)c1-c1cccc(N)c1. The average Bonchev–Trinajstić information content (AvgIpc) is 2.37. The first-order chi connectivity index (χ1) is 9.00. The van der Waals surface area contributed by atoms with Crippen molar-refractivity contribution in [2.75, 3.05) is 5.73 Å². The number of hydrogen-bond donors (Lipinski definition) is 3. The van der Waals surface area contributed by atoms with E-state index >= 15 is 0 Å². The van der Waals surface area contributed by atoms with E-state index in [9.17, 15) is 9.59 Å². The van der Waals surface area contributed by atoms with Crippen molar-refractivity contribution >= 4 is 17.5 Å². The van der Waals surface area contributed by atoms with E-state index in [-0.39, 0.29) is 11.1 Å². The number of amides is 2. The van der Waals surface area contributed by atoms with E-state index in [1.54, 1.807) is 42.5 Å². The number of nitrogens with two attached hydrogens (primary N) is 3. The second-order valence-corrected chi connectivity index (χ2v) is 4.08. The summed E-state index contributed by atoms with van der Waals surface area (Å²) in [5, 5.41) is 0. The van der Waals surface area contributed by atoms with Crippen LogP contribution in [0.5, 0.6) is 0 Å². The van der Waals surface area contributed by atoms with Crippen LogP contribution in [0.1, 0.15) is 20.7 Å². The lowest BCUT2D eigenvalue weighted by Gasteiger charge is -2.11. The van der Waals surface area contributed by atoms with E-state index in [4.69, 9.17) is 17.2 Å². The second kappa shape index (κ2) is 4.81. The molecule has 0 bridgehead atoms. The van der Waals surface area contributed by atoms with Crippen molar-refractivity contribution < 1.29 is 9.59 Å². The van der Waals surface area contributed by atoms with Gasteiger partial charge in [0, 0.05) is 22.4 Å². The van der Waals surface area contributed by atoms with Crippen LogP contribution < -0.4 is 17.2 Å². The molecule has 19 heavy (non-hydrogen) atoms. The topological polar surface area (TPSA) is 112 Å². The Hall–Kier alpha value is -2.82. The number of carbonyl (C=O) groups is 2. The highest BCUT2D eigenvalue weighted by atomic mass is 16.1. The van der Waals surface area contributed by atoms with Crippen molar-refractivity contribution in [3.63, 3.8) is 0 Å². The molecule has 0 aromatic heterocycles. The maximum Gasteiger partial charge on any atom is 0.249 e. The third kappa shape index (κ3) is 2.40. The number of primary amides is 2. The molecule has 0 aliphatic heterocycles. The number of hydrogen-bond acceptors (Lipinski definition) is 3. The number of carbonyl (C=O) groups excluding carboxylic acids is 2. The molecule has 96 valence electrons. The van der Waals surface area contributed by atoms with Crippen LogP contribution in [0.3, 0.4) is 0 Å². The van der Waals surface area contributed by atoms with Crippen molar-refractivity contribution in [3.05, 3.63) is 53.6 Å². The lowest BCUT2D eigenvalue weighted by molar-refractivity contribution is 0.0999. The third-order valence-corrected chi connectivity index (χ3v) is 2.77. The second-order valence-electron chi connectivity index (χ2n) is 4.08. The smallest absolute Gasteiger partial charge is 0.249 e. The minimum absolute atomic E-state index is 0.238. The van der Waals surface area contributed by atoms with Gasteiger partial charge in [0.25, 0.3) is 0 Å².